The molecule has 1 aliphatic heterocycles. The summed E-state index contributed by atoms with van der Waals surface area (Å²) in [6, 6.07) is 0. The number of nitrogens with one attached hydrogen (secondary N) is 1. The lowest BCUT2D eigenvalue weighted by Gasteiger charge is -2.17. The van der Waals surface area contributed by atoms with Crippen LogP contribution in [-0.4, -0.2) is 36.0 Å². The first kappa shape index (κ1) is 12.4. The molecule has 96 valence electrons. The Bertz CT molecular complexity index is 494. The second kappa shape index (κ2) is 4.30. The summed E-state index contributed by atoms with van der Waals surface area (Å²) >= 11 is 0. The van der Waals surface area contributed by atoms with Gasteiger partial charge in [0, 0.05) is 13.1 Å². The fourth-order valence-electron chi connectivity index (χ4n) is 2.15. The fraction of sp³-hybridized carbons (Fsp3) is 0.700. The normalized spacial score (nSPS) is 22.4. The monoisotopic (exact) mass is 258 g/mol. The maximum Gasteiger partial charge on any atom is 0.248 e. The topological polar surface area (TPSA) is 92.1 Å². The summed E-state index contributed by atoms with van der Waals surface area (Å²) < 4.78 is 26.0. The number of nitrogens with two attached hydrogens (primary N) is 1. The lowest BCUT2D eigenvalue weighted by atomic mass is 9.96. The van der Waals surface area contributed by atoms with Crippen LogP contribution in [0.25, 0.3) is 0 Å². The standard InChI is InChI=1S/C10H18N4O2S/c1-7(2)8-3-4-14(6-8)17(15,16)9-5-12-13-10(9)11/h5,7-8H,3-4,6H2,1-2H3,(H3,11,12,13). The largest absolute Gasteiger partial charge is 0.383 e. The van der Waals surface area contributed by atoms with E-state index in [-0.39, 0.29) is 10.7 Å². The molecule has 0 saturated carbocycles. The molecule has 1 fully saturated rings. The van der Waals surface area contributed by atoms with Crippen LogP contribution in [0.1, 0.15) is 20.3 Å². The lowest BCUT2D eigenvalue weighted by molar-refractivity contribution is 0.388. The molecule has 6 nitrogen and oxygen atoms in total. The molecular formula is C10H18N4O2S. The molecular weight excluding hydrogens is 240 g/mol. The summed E-state index contributed by atoms with van der Waals surface area (Å²) in [5.41, 5.74) is 5.56. The van der Waals surface area contributed by atoms with Crippen molar-refractivity contribution in [2.75, 3.05) is 18.8 Å². The highest BCUT2D eigenvalue weighted by atomic mass is 32.2. The molecule has 0 amide bonds. The molecule has 1 aromatic heterocycles. The predicted molar refractivity (Wildman–Crippen MR) is 64.7 cm³/mol. The van der Waals surface area contributed by atoms with Crippen molar-refractivity contribution < 1.29 is 8.42 Å². The molecule has 0 bridgehead atoms. The first-order valence-electron chi connectivity index (χ1n) is 5.72. The minimum absolute atomic E-state index is 0.0851. The van der Waals surface area contributed by atoms with E-state index in [1.165, 1.54) is 10.5 Å². The highest BCUT2D eigenvalue weighted by Gasteiger charge is 2.35. The zero-order valence-electron chi connectivity index (χ0n) is 10.0. The maximum absolute atomic E-state index is 12.3. The molecule has 0 spiro atoms. The van der Waals surface area contributed by atoms with Crippen molar-refractivity contribution in [1.29, 1.82) is 0 Å². The van der Waals surface area contributed by atoms with Crippen LogP contribution in [-0.2, 0) is 10.0 Å². The van der Waals surface area contributed by atoms with E-state index in [1.54, 1.807) is 0 Å². The number of hydrogen-bond donors (Lipinski definition) is 2. The Morgan fingerprint density at radius 2 is 2.29 bits per heavy atom. The highest BCUT2D eigenvalue weighted by molar-refractivity contribution is 7.89. The van der Waals surface area contributed by atoms with Crippen molar-refractivity contribution in [2.24, 2.45) is 11.8 Å². The Balaban J connectivity index is 2.22. The number of nitrogen functional groups attached to an aromatic ring is 1. The minimum Gasteiger partial charge on any atom is -0.383 e. The molecule has 2 rings (SSSR count). The van der Waals surface area contributed by atoms with E-state index in [0.717, 1.165) is 6.42 Å². The predicted octanol–water partition coefficient (Wildman–Crippen LogP) is 0.659. The summed E-state index contributed by atoms with van der Waals surface area (Å²) in [7, 11) is -3.48. The van der Waals surface area contributed by atoms with Crippen LogP contribution in [0, 0.1) is 11.8 Å². The third-order valence-corrected chi connectivity index (χ3v) is 5.27. The van der Waals surface area contributed by atoms with Crippen LogP contribution >= 0.6 is 0 Å². The third-order valence-electron chi connectivity index (χ3n) is 3.38. The van der Waals surface area contributed by atoms with Crippen LogP contribution in [0.15, 0.2) is 11.1 Å². The summed E-state index contributed by atoms with van der Waals surface area (Å²) in [6.45, 7) is 5.38. The van der Waals surface area contributed by atoms with Gasteiger partial charge < -0.3 is 5.73 Å². The average Bonchev–Trinajstić information content (AvgIpc) is 2.84. The van der Waals surface area contributed by atoms with Crippen molar-refractivity contribution >= 4 is 15.8 Å². The van der Waals surface area contributed by atoms with Gasteiger partial charge in [-0.25, -0.2) is 8.42 Å². The number of aromatic amines is 1. The molecule has 1 aliphatic rings. The van der Waals surface area contributed by atoms with Crippen molar-refractivity contribution in [3.05, 3.63) is 6.20 Å². The minimum atomic E-state index is -3.48. The molecule has 1 saturated heterocycles. The Morgan fingerprint density at radius 1 is 1.59 bits per heavy atom. The smallest absolute Gasteiger partial charge is 0.248 e. The van der Waals surface area contributed by atoms with Crippen LogP contribution in [0.2, 0.25) is 0 Å². The van der Waals surface area contributed by atoms with Gasteiger partial charge >= 0.3 is 0 Å². The number of hydrogen-bond acceptors (Lipinski definition) is 4. The van der Waals surface area contributed by atoms with E-state index in [1.807, 2.05) is 0 Å². The van der Waals surface area contributed by atoms with Crippen LogP contribution in [0.3, 0.4) is 0 Å². The highest BCUT2D eigenvalue weighted by Crippen LogP contribution is 2.29. The zero-order valence-corrected chi connectivity index (χ0v) is 10.9. The van der Waals surface area contributed by atoms with E-state index in [9.17, 15) is 8.42 Å². The van der Waals surface area contributed by atoms with E-state index in [2.05, 4.69) is 24.0 Å². The first-order chi connectivity index (χ1) is 7.93. The van der Waals surface area contributed by atoms with Gasteiger partial charge in [-0.15, -0.1) is 0 Å². The SMILES string of the molecule is CC(C)C1CCN(S(=O)(=O)c2cn[nH]c2N)C1. The summed E-state index contributed by atoms with van der Waals surface area (Å²) in [6.07, 6.45) is 2.18. The van der Waals surface area contributed by atoms with E-state index in [4.69, 9.17) is 5.73 Å². The van der Waals surface area contributed by atoms with Crippen molar-refractivity contribution in [2.45, 2.75) is 25.2 Å². The van der Waals surface area contributed by atoms with Gasteiger partial charge in [0.1, 0.15) is 10.7 Å². The molecule has 3 N–H and O–H groups in total. The molecule has 1 aromatic rings. The van der Waals surface area contributed by atoms with E-state index >= 15 is 0 Å². The number of anilines is 1. The van der Waals surface area contributed by atoms with Crippen LogP contribution in [0.4, 0.5) is 5.82 Å². The fourth-order valence-corrected chi connectivity index (χ4v) is 3.67. The molecule has 0 aromatic carbocycles. The second-order valence-electron chi connectivity index (χ2n) is 4.80. The van der Waals surface area contributed by atoms with Gasteiger partial charge in [0.15, 0.2) is 0 Å². The van der Waals surface area contributed by atoms with Crippen molar-refractivity contribution in [3.8, 4) is 0 Å². The van der Waals surface area contributed by atoms with Gasteiger partial charge in [0.05, 0.1) is 6.20 Å². The third kappa shape index (κ3) is 2.16. The van der Waals surface area contributed by atoms with Gasteiger partial charge in [0.2, 0.25) is 10.0 Å². The van der Waals surface area contributed by atoms with Crippen LogP contribution < -0.4 is 5.73 Å². The van der Waals surface area contributed by atoms with Crippen molar-refractivity contribution in [3.63, 3.8) is 0 Å². The summed E-state index contributed by atoms with van der Waals surface area (Å²) in [4.78, 5) is 0.0851. The van der Waals surface area contributed by atoms with Gasteiger partial charge in [-0.3, -0.25) is 5.10 Å². The first-order valence-corrected chi connectivity index (χ1v) is 7.16. The molecule has 17 heavy (non-hydrogen) atoms. The summed E-state index contributed by atoms with van der Waals surface area (Å²) in [5.74, 6) is 1.03. The molecule has 1 atom stereocenters. The number of aromatic nitrogens is 2. The molecule has 1 unspecified atom stereocenters. The maximum atomic E-state index is 12.3. The van der Waals surface area contributed by atoms with Gasteiger partial charge in [-0.05, 0) is 18.3 Å². The van der Waals surface area contributed by atoms with Gasteiger partial charge in [-0.1, -0.05) is 13.8 Å². The molecule has 0 aliphatic carbocycles. The number of nitrogens with zero attached hydrogens (tertiary/aromatic N) is 2. The Kier molecular flexibility index (Phi) is 3.13. The van der Waals surface area contributed by atoms with E-state index < -0.39 is 10.0 Å². The second-order valence-corrected chi connectivity index (χ2v) is 6.71. The van der Waals surface area contributed by atoms with E-state index in [0.29, 0.717) is 24.9 Å². The molecule has 2 heterocycles. The molecule has 7 heteroatoms. The Labute approximate surface area is 101 Å². The van der Waals surface area contributed by atoms with Crippen LogP contribution in [0.5, 0.6) is 0 Å². The average molecular weight is 258 g/mol. The number of rotatable bonds is 3. The van der Waals surface area contributed by atoms with Gasteiger partial charge in [0.25, 0.3) is 0 Å². The zero-order chi connectivity index (χ0) is 12.6. The number of sulfonamides is 1. The van der Waals surface area contributed by atoms with Crippen molar-refractivity contribution in [1.82, 2.24) is 14.5 Å². The lowest BCUT2D eigenvalue weighted by Crippen LogP contribution is -2.29. The van der Waals surface area contributed by atoms with Gasteiger partial charge in [-0.2, -0.15) is 9.40 Å². The summed E-state index contributed by atoms with van der Waals surface area (Å²) in [5, 5.41) is 6.11. The Hall–Kier alpha value is -1.08. The number of H-pyrrole nitrogens is 1. The molecule has 0 radical (unpaired) electrons. The Morgan fingerprint density at radius 3 is 2.76 bits per heavy atom. The quantitative estimate of drug-likeness (QED) is 0.833.